The van der Waals surface area contributed by atoms with Crippen LogP contribution in [0.25, 0.3) is 0 Å². The first-order valence-corrected chi connectivity index (χ1v) is 7.32. The van der Waals surface area contributed by atoms with E-state index in [4.69, 9.17) is 0 Å². The molecule has 0 aliphatic heterocycles. The number of nitrogens with zero attached hydrogens (tertiary/aromatic N) is 4. The van der Waals surface area contributed by atoms with Crippen molar-refractivity contribution < 1.29 is 5.11 Å². The van der Waals surface area contributed by atoms with Gasteiger partial charge in [0.05, 0.1) is 18.3 Å². The number of aromatic nitrogens is 3. The molecule has 0 bridgehead atoms. The molecule has 1 atom stereocenters. The van der Waals surface area contributed by atoms with Gasteiger partial charge in [-0.2, -0.15) is 0 Å². The lowest BCUT2D eigenvalue weighted by molar-refractivity contribution is 0.153. The number of thiazole rings is 1. The summed E-state index contributed by atoms with van der Waals surface area (Å²) in [5.74, 6) is 1.01. The fourth-order valence-corrected chi connectivity index (χ4v) is 3.49. The van der Waals surface area contributed by atoms with Crippen molar-refractivity contribution in [3.63, 3.8) is 0 Å². The zero-order valence-electron chi connectivity index (χ0n) is 11.2. The number of hydrogen-bond donors (Lipinski definition) is 1. The molecule has 0 fully saturated rings. The molecule has 1 aliphatic carbocycles. The Kier molecular flexibility index (Phi) is 3.28. The molecule has 2 aromatic heterocycles. The fourth-order valence-electron chi connectivity index (χ4n) is 2.37. The van der Waals surface area contributed by atoms with Crippen molar-refractivity contribution >= 4 is 16.5 Å². The van der Waals surface area contributed by atoms with Crippen LogP contribution in [0.2, 0.25) is 0 Å². The molecule has 3 rings (SSSR count). The molecule has 1 unspecified atom stereocenters. The lowest BCUT2D eigenvalue weighted by Gasteiger charge is -2.15. The number of aliphatic hydroxyl groups is 1. The number of aliphatic hydroxyl groups excluding tert-OH is 1. The van der Waals surface area contributed by atoms with Gasteiger partial charge in [-0.3, -0.25) is 0 Å². The summed E-state index contributed by atoms with van der Waals surface area (Å²) >= 11 is 1.69. The highest BCUT2D eigenvalue weighted by Crippen LogP contribution is 2.36. The summed E-state index contributed by atoms with van der Waals surface area (Å²) in [6.45, 7) is 0.728. The van der Waals surface area contributed by atoms with Crippen LogP contribution in [-0.4, -0.2) is 26.7 Å². The first kappa shape index (κ1) is 12.6. The predicted octanol–water partition coefficient (Wildman–Crippen LogP) is 1.88. The van der Waals surface area contributed by atoms with E-state index in [-0.39, 0.29) is 6.10 Å². The highest BCUT2D eigenvalue weighted by atomic mass is 32.1. The summed E-state index contributed by atoms with van der Waals surface area (Å²) in [6.07, 6.45) is 6.30. The van der Waals surface area contributed by atoms with E-state index in [0.29, 0.717) is 0 Å². The summed E-state index contributed by atoms with van der Waals surface area (Å²) in [5, 5.41) is 10.9. The normalized spacial score (nSPS) is 18.4. The van der Waals surface area contributed by atoms with Crippen LogP contribution >= 0.6 is 11.3 Å². The predicted molar refractivity (Wildman–Crippen MR) is 75.3 cm³/mol. The van der Waals surface area contributed by atoms with Crippen molar-refractivity contribution in [3.8, 4) is 0 Å². The smallest absolute Gasteiger partial charge is 0.186 e. The van der Waals surface area contributed by atoms with Gasteiger partial charge >= 0.3 is 0 Å². The van der Waals surface area contributed by atoms with E-state index in [1.165, 1.54) is 4.88 Å². The van der Waals surface area contributed by atoms with Crippen LogP contribution in [0.15, 0.2) is 12.4 Å². The Balaban J connectivity index is 1.81. The average Bonchev–Trinajstić information content (AvgIpc) is 2.97. The first-order chi connectivity index (χ1) is 9.15. The Bertz CT molecular complexity index is 577. The number of imidazole rings is 1. The molecule has 1 aliphatic rings. The Hall–Kier alpha value is -1.40. The van der Waals surface area contributed by atoms with E-state index < -0.39 is 0 Å². The van der Waals surface area contributed by atoms with Crippen molar-refractivity contribution in [2.24, 2.45) is 7.05 Å². The molecular formula is C13H18N4OS. The third kappa shape index (κ3) is 2.37. The number of aryl methyl sites for hydroxylation is 2. The Morgan fingerprint density at radius 3 is 3.11 bits per heavy atom. The van der Waals surface area contributed by atoms with Crippen molar-refractivity contribution in [3.05, 3.63) is 28.8 Å². The minimum atomic E-state index is -0.379. The van der Waals surface area contributed by atoms with Gasteiger partial charge in [-0.1, -0.05) is 0 Å². The van der Waals surface area contributed by atoms with E-state index in [0.717, 1.165) is 42.5 Å². The standard InChI is InChI=1S/C13H18N4OS/c1-16-7-6-14-11(16)8-17(2)13-15-12-9(18)4-3-5-10(12)19-13/h6-7,9,18H,3-5,8H2,1-2H3. The summed E-state index contributed by atoms with van der Waals surface area (Å²) in [5.41, 5.74) is 0.887. The van der Waals surface area contributed by atoms with Gasteiger partial charge in [-0.15, -0.1) is 11.3 Å². The maximum Gasteiger partial charge on any atom is 0.186 e. The molecule has 19 heavy (non-hydrogen) atoms. The fraction of sp³-hybridized carbons (Fsp3) is 0.538. The van der Waals surface area contributed by atoms with Crippen LogP contribution < -0.4 is 4.90 Å². The quantitative estimate of drug-likeness (QED) is 0.931. The van der Waals surface area contributed by atoms with Crippen LogP contribution in [0.1, 0.15) is 35.3 Å². The van der Waals surface area contributed by atoms with E-state index in [2.05, 4.69) is 14.9 Å². The number of rotatable bonds is 3. The molecule has 6 heteroatoms. The highest BCUT2D eigenvalue weighted by molar-refractivity contribution is 7.15. The Labute approximate surface area is 116 Å². The second-order valence-corrected chi connectivity index (χ2v) is 6.09. The van der Waals surface area contributed by atoms with Crippen LogP contribution in [0, 0.1) is 0 Å². The molecular weight excluding hydrogens is 260 g/mol. The van der Waals surface area contributed by atoms with E-state index >= 15 is 0 Å². The number of anilines is 1. The first-order valence-electron chi connectivity index (χ1n) is 6.50. The molecule has 0 aromatic carbocycles. The van der Waals surface area contributed by atoms with Crippen LogP contribution in [0.3, 0.4) is 0 Å². The van der Waals surface area contributed by atoms with Gasteiger partial charge in [-0.25, -0.2) is 9.97 Å². The Morgan fingerprint density at radius 1 is 1.58 bits per heavy atom. The zero-order chi connectivity index (χ0) is 13.4. The van der Waals surface area contributed by atoms with Crippen LogP contribution in [0.5, 0.6) is 0 Å². The summed E-state index contributed by atoms with van der Waals surface area (Å²) in [4.78, 5) is 12.3. The van der Waals surface area contributed by atoms with Crippen LogP contribution in [-0.2, 0) is 20.0 Å². The Morgan fingerprint density at radius 2 is 2.42 bits per heavy atom. The van der Waals surface area contributed by atoms with Gasteiger partial charge in [-0.05, 0) is 19.3 Å². The lowest BCUT2D eigenvalue weighted by atomic mass is 10.0. The minimum absolute atomic E-state index is 0.379. The van der Waals surface area contributed by atoms with Crippen molar-refractivity contribution in [2.75, 3.05) is 11.9 Å². The molecule has 0 saturated heterocycles. The molecule has 102 valence electrons. The second kappa shape index (κ2) is 4.94. The summed E-state index contributed by atoms with van der Waals surface area (Å²) in [7, 11) is 4.01. The SMILES string of the molecule is CN(Cc1nccn1C)c1nc2c(s1)CCCC2O. The molecule has 1 N–H and O–H groups in total. The van der Waals surface area contributed by atoms with Gasteiger partial charge in [0.25, 0.3) is 0 Å². The van der Waals surface area contributed by atoms with Gasteiger partial charge in [0.1, 0.15) is 5.82 Å². The third-order valence-electron chi connectivity index (χ3n) is 3.54. The molecule has 2 aromatic rings. The maximum atomic E-state index is 9.97. The van der Waals surface area contributed by atoms with Gasteiger partial charge in [0, 0.05) is 31.4 Å². The van der Waals surface area contributed by atoms with Gasteiger partial charge < -0.3 is 14.6 Å². The molecule has 5 nitrogen and oxygen atoms in total. The summed E-state index contributed by atoms with van der Waals surface area (Å²) < 4.78 is 2.01. The van der Waals surface area contributed by atoms with Crippen molar-refractivity contribution in [1.82, 2.24) is 14.5 Å². The van der Waals surface area contributed by atoms with Gasteiger partial charge in [0.15, 0.2) is 5.13 Å². The topological polar surface area (TPSA) is 54.2 Å². The minimum Gasteiger partial charge on any atom is -0.387 e. The lowest BCUT2D eigenvalue weighted by Crippen LogP contribution is -2.19. The van der Waals surface area contributed by atoms with E-state index in [9.17, 15) is 5.11 Å². The van der Waals surface area contributed by atoms with Crippen molar-refractivity contribution in [1.29, 1.82) is 0 Å². The number of hydrogen-bond acceptors (Lipinski definition) is 5. The van der Waals surface area contributed by atoms with E-state index in [1.807, 2.05) is 24.9 Å². The largest absolute Gasteiger partial charge is 0.387 e. The van der Waals surface area contributed by atoms with Gasteiger partial charge in [0.2, 0.25) is 0 Å². The molecule has 0 spiro atoms. The molecule has 0 radical (unpaired) electrons. The van der Waals surface area contributed by atoms with Crippen molar-refractivity contribution in [2.45, 2.75) is 31.9 Å². The second-order valence-electron chi connectivity index (χ2n) is 5.02. The third-order valence-corrected chi connectivity index (χ3v) is 4.78. The number of fused-ring (bicyclic) bond motifs is 1. The summed E-state index contributed by atoms with van der Waals surface area (Å²) in [6, 6.07) is 0. The maximum absolute atomic E-state index is 9.97. The zero-order valence-corrected chi connectivity index (χ0v) is 12.0. The monoisotopic (exact) mass is 278 g/mol. The highest BCUT2D eigenvalue weighted by Gasteiger charge is 2.24. The van der Waals surface area contributed by atoms with Crippen LogP contribution in [0.4, 0.5) is 5.13 Å². The molecule has 0 saturated carbocycles. The average molecular weight is 278 g/mol. The van der Waals surface area contributed by atoms with E-state index in [1.54, 1.807) is 17.5 Å². The molecule has 2 heterocycles. The molecule has 0 amide bonds.